The molecule has 1 aliphatic rings. The van der Waals surface area contributed by atoms with Gasteiger partial charge in [0.15, 0.2) is 0 Å². The average molecular weight is 249 g/mol. The summed E-state index contributed by atoms with van der Waals surface area (Å²) in [6.45, 7) is 8.82. The molecule has 2 heterocycles. The molecule has 0 aromatic carbocycles. The summed E-state index contributed by atoms with van der Waals surface area (Å²) in [4.78, 5) is 9.00. The average Bonchev–Trinajstić information content (AvgIpc) is 2.41. The van der Waals surface area contributed by atoms with E-state index < -0.39 is 0 Å². The summed E-state index contributed by atoms with van der Waals surface area (Å²) < 4.78 is 0. The smallest absolute Gasteiger partial charge is 0.0629 e. The van der Waals surface area contributed by atoms with Crippen molar-refractivity contribution in [1.82, 2.24) is 14.8 Å². The summed E-state index contributed by atoms with van der Waals surface area (Å²) in [5.41, 5.74) is 1.11. The lowest BCUT2D eigenvalue weighted by Gasteiger charge is -2.42. The summed E-state index contributed by atoms with van der Waals surface area (Å²) >= 11 is 0. The molecule has 100 valence electrons. The van der Waals surface area contributed by atoms with Crippen LogP contribution in [0.25, 0.3) is 0 Å². The van der Waals surface area contributed by atoms with Crippen LogP contribution in [0, 0.1) is 0 Å². The summed E-state index contributed by atoms with van der Waals surface area (Å²) in [6.07, 6.45) is 3.63. The lowest BCUT2D eigenvalue weighted by Crippen LogP contribution is -2.53. The van der Waals surface area contributed by atoms with Crippen LogP contribution < -0.4 is 0 Å². The Bertz CT molecular complexity index is 357. The zero-order valence-electron chi connectivity index (χ0n) is 11.3. The van der Waals surface area contributed by atoms with Gasteiger partial charge < -0.3 is 5.11 Å². The third-order valence-corrected chi connectivity index (χ3v) is 3.89. The molecule has 1 aromatic heterocycles. The van der Waals surface area contributed by atoms with Gasteiger partial charge in [0, 0.05) is 38.1 Å². The Hall–Kier alpha value is -0.970. The largest absolute Gasteiger partial charge is 0.394 e. The maximum absolute atomic E-state index is 9.66. The first-order valence-electron chi connectivity index (χ1n) is 6.75. The van der Waals surface area contributed by atoms with Crippen molar-refractivity contribution in [3.05, 3.63) is 30.1 Å². The van der Waals surface area contributed by atoms with E-state index in [0.29, 0.717) is 6.04 Å². The number of hydrogen-bond acceptors (Lipinski definition) is 4. The van der Waals surface area contributed by atoms with E-state index >= 15 is 0 Å². The Labute approximate surface area is 109 Å². The lowest BCUT2D eigenvalue weighted by molar-refractivity contribution is 0.0366. The molecule has 4 nitrogen and oxygen atoms in total. The van der Waals surface area contributed by atoms with Crippen LogP contribution in [0.1, 0.15) is 25.5 Å². The Kier molecular flexibility index (Phi) is 4.69. The Morgan fingerprint density at radius 2 is 2.33 bits per heavy atom. The van der Waals surface area contributed by atoms with Crippen molar-refractivity contribution < 1.29 is 5.11 Å². The Morgan fingerprint density at radius 3 is 2.89 bits per heavy atom. The monoisotopic (exact) mass is 249 g/mol. The third kappa shape index (κ3) is 2.88. The molecular formula is C14H23N3O. The zero-order valence-corrected chi connectivity index (χ0v) is 11.3. The number of aromatic nitrogens is 1. The molecule has 4 heteroatoms. The van der Waals surface area contributed by atoms with E-state index in [1.807, 2.05) is 18.3 Å². The fourth-order valence-electron chi connectivity index (χ4n) is 2.78. The van der Waals surface area contributed by atoms with Crippen molar-refractivity contribution in [2.75, 3.05) is 32.8 Å². The van der Waals surface area contributed by atoms with Crippen LogP contribution in [0.5, 0.6) is 0 Å². The molecule has 2 rings (SSSR count). The summed E-state index contributed by atoms with van der Waals surface area (Å²) in [5.74, 6) is 0. The van der Waals surface area contributed by atoms with Gasteiger partial charge in [0.05, 0.1) is 12.6 Å². The molecule has 1 aliphatic heterocycles. The van der Waals surface area contributed by atoms with E-state index in [1.165, 1.54) is 0 Å². The van der Waals surface area contributed by atoms with Gasteiger partial charge in [0.25, 0.3) is 0 Å². The summed E-state index contributed by atoms with van der Waals surface area (Å²) in [6, 6.07) is 4.61. The van der Waals surface area contributed by atoms with E-state index in [4.69, 9.17) is 0 Å². The second-order valence-corrected chi connectivity index (χ2v) is 4.96. The molecule has 0 bridgehead atoms. The van der Waals surface area contributed by atoms with Gasteiger partial charge in [-0.3, -0.25) is 14.8 Å². The first-order chi connectivity index (χ1) is 8.76. The highest BCUT2D eigenvalue weighted by Gasteiger charge is 2.28. The number of pyridine rings is 1. The minimum absolute atomic E-state index is 0.0835. The van der Waals surface area contributed by atoms with Crippen molar-refractivity contribution in [1.29, 1.82) is 0 Å². The van der Waals surface area contributed by atoms with Gasteiger partial charge in [-0.25, -0.2) is 0 Å². The van der Waals surface area contributed by atoms with Crippen LogP contribution in [-0.4, -0.2) is 58.7 Å². The van der Waals surface area contributed by atoms with Crippen LogP contribution in [0.15, 0.2) is 24.5 Å². The SMILES string of the molecule is CCN1CCN(C(CO)c2cccnc2)CC1C. The molecule has 1 fully saturated rings. The van der Waals surface area contributed by atoms with Gasteiger partial charge in [-0.15, -0.1) is 0 Å². The fraction of sp³-hybridized carbons (Fsp3) is 0.643. The molecule has 2 atom stereocenters. The maximum atomic E-state index is 9.66. The van der Waals surface area contributed by atoms with Crippen LogP contribution in [0.2, 0.25) is 0 Å². The number of likely N-dealkylation sites (N-methyl/N-ethyl adjacent to an activating group) is 1. The lowest BCUT2D eigenvalue weighted by atomic mass is 10.1. The van der Waals surface area contributed by atoms with Gasteiger partial charge in [-0.05, 0) is 25.1 Å². The van der Waals surface area contributed by atoms with E-state index in [0.717, 1.165) is 31.7 Å². The molecule has 1 aromatic rings. The second kappa shape index (κ2) is 6.27. The Balaban J connectivity index is 2.06. The van der Waals surface area contributed by atoms with Crippen LogP contribution in [0.3, 0.4) is 0 Å². The molecule has 1 saturated heterocycles. The van der Waals surface area contributed by atoms with E-state index in [9.17, 15) is 5.11 Å². The number of aliphatic hydroxyl groups is 1. The molecule has 2 unspecified atom stereocenters. The molecule has 1 N–H and O–H groups in total. The zero-order chi connectivity index (χ0) is 13.0. The third-order valence-electron chi connectivity index (χ3n) is 3.89. The number of nitrogens with zero attached hydrogens (tertiary/aromatic N) is 3. The van der Waals surface area contributed by atoms with E-state index in [-0.39, 0.29) is 12.6 Å². The van der Waals surface area contributed by atoms with Gasteiger partial charge >= 0.3 is 0 Å². The molecule has 0 saturated carbocycles. The van der Waals surface area contributed by atoms with Gasteiger partial charge in [-0.1, -0.05) is 13.0 Å². The Morgan fingerprint density at radius 1 is 1.50 bits per heavy atom. The minimum atomic E-state index is 0.0835. The predicted molar refractivity (Wildman–Crippen MR) is 72.3 cm³/mol. The van der Waals surface area contributed by atoms with Crippen molar-refractivity contribution in [3.8, 4) is 0 Å². The first-order valence-corrected chi connectivity index (χ1v) is 6.75. The molecule has 0 radical (unpaired) electrons. The number of piperazine rings is 1. The fourth-order valence-corrected chi connectivity index (χ4v) is 2.78. The normalized spacial score (nSPS) is 24.1. The van der Waals surface area contributed by atoms with Crippen molar-refractivity contribution >= 4 is 0 Å². The van der Waals surface area contributed by atoms with Gasteiger partial charge in [0.2, 0.25) is 0 Å². The highest BCUT2D eigenvalue weighted by atomic mass is 16.3. The number of hydrogen-bond donors (Lipinski definition) is 1. The van der Waals surface area contributed by atoms with Gasteiger partial charge in [0.1, 0.15) is 0 Å². The molecular weight excluding hydrogens is 226 g/mol. The van der Waals surface area contributed by atoms with Crippen molar-refractivity contribution in [3.63, 3.8) is 0 Å². The topological polar surface area (TPSA) is 39.6 Å². The molecule has 0 amide bonds. The standard InChI is InChI=1S/C14H23N3O/c1-3-16-7-8-17(10-12(16)2)14(11-18)13-5-4-6-15-9-13/h4-6,9,12,14,18H,3,7-8,10-11H2,1-2H3. The molecule has 0 spiro atoms. The first kappa shape index (κ1) is 13.5. The number of rotatable bonds is 4. The number of aliphatic hydroxyl groups excluding tert-OH is 1. The van der Waals surface area contributed by atoms with Crippen molar-refractivity contribution in [2.45, 2.75) is 25.9 Å². The van der Waals surface area contributed by atoms with Crippen molar-refractivity contribution in [2.24, 2.45) is 0 Å². The highest BCUT2D eigenvalue weighted by Crippen LogP contribution is 2.22. The molecule has 18 heavy (non-hydrogen) atoms. The molecule has 0 aliphatic carbocycles. The minimum Gasteiger partial charge on any atom is -0.394 e. The van der Waals surface area contributed by atoms with Crippen LogP contribution in [0.4, 0.5) is 0 Å². The van der Waals surface area contributed by atoms with Crippen LogP contribution in [-0.2, 0) is 0 Å². The van der Waals surface area contributed by atoms with E-state index in [2.05, 4.69) is 28.6 Å². The van der Waals surface area contributed by atoms with Gasteiger partial charge in [-0.2, -0.15) is 0 Å². The summed E-state index contributed by atoms with van der Waals surface area (Å²) in [5, 5.41) is 9.66. The van der Waals surface area contributed by atoms with Crippen LogP contribution >= 0.6 is 0 Å². The second-order valence-electron chi connectivity index (χ2n) is 4.96. The maximum Gasteiger partial charge on any atom is 0.0629 e. The predicted octanol–water partition coefficient (Wildman–Crippen LogP) is 1.14. The highest BCUT2D eigenvalue weighted by molar-refractivity contribution is 5.14. The quantitative estimate of drug-likeness (QED) is 0.868. The summed E-state index contributed by atoms with van der Waals surface area (Å²) in [7, 11) is 0. The van der Waals surface area contributed by atoms with E-state index in [1.54, 1.807) is 6.20 Å².